The molecule has 3 N–H and O–H groups in total. The standard InChI is InChI=1S/C26H26F3N3O3/c1-16(32-25(33)20-10-23(14-31-13-20)35-22-8-9-34-15-22)17-2-4-18(5-3-17)24-11-21(26(27,28)29)7-6-19(24)12-30/h2-7,10-11,13-14,16,22H,8-9,12,15,30H2,1H3,(H,32,33)/t16?,22-/m0/s1. The van der Waals surface area contributed by atoms with Crippen molar-refractivity contribution in [2.45, 2.75) is 38.2 Å². The lowest BCUT2D eigenvalue weighted by Crippen LogP contribution is -2.27. The van der Waals surface area contributed by atoms with Crippen molar-refractivity contribution < 1.29 is 27.4 Å². The van der Waals surface area contributed by atoms with Crippen LogP contribution in [-0.4, -0.2) is 30.2 Å². The molecule has 184 valence electrons. The lowest BCUT2D eigenvalue weighted by Gasteiger charge is -2.17. The summed E-state index contributed by atoms with van der Waals surface area (Å²) in [5, 5.41) is 2.92. The molecule has 6 nitrogen and oxygen atoms in total. The number of carbonyl (C=O) groups excluding carboxylic acids is 1. The second-order valence-electron chi connectivity index (χ2n) is 8.40. The van der Waals surface area contributed by atoms with Crippen molar-refractivity contribution in [2.24, 2.45) is 5.73 Å². The van der Waals surface area contributed by atoms with Crippen molar-refractivity contribution in [3.05, 3.63) is 83.2 Å². The van der Waals surface area contributed by atoms with Crippen LogP contribution in [0.1, 0.15) is 46.4 Å². The summed E-state index contributed by atoms with van der Waals surface area (Å²) in [6.45, 7) is 3.10. The fraction of sp³-hybridized carbons (Fsp3) is 0.308. The first-order valence-electron chi connectivity index (χ1n) is 11.3. The van der Waals surface area contributed by atoms with Gasteiger partial charge in [0.1, 0.15) is 11.9 Å². The summed E-state index contributed by atoms with van der Waals surface area (Å²) in [4.78, 5) is 16.9. The third kappa shape index (κ3) is 5.98. The molecule has 1 aliphatic rings. The van der Waals surface area contributed by atoms with Gasteiger partial charge in [-0.25, -0.2) is 0 Å². The van der Waals surface area contributed by atoms with E-state index in [9.17, 15) is 18.0 Å². The van der Waals surface area contributed by atoms with Crippen LogP contribution in [0.15, 0.2) is 60.9 Å². The number of nitrogens with one attached hydrogen (secondary N) is 1. The Labute approximate surface area is 201 Å². The number of carbonyl (C=O) groups is 1. The summed E-state index contributed by atoms with van der Waals surface area (Å²) in [7, 11) is 0. The number of aromatic nitrogens is 1. The molecule has 35 heavy (non-hydrogen) atoms. The summed E-state index contributed by atoms with van der Waals surface area (Å²) >= 11 is 0. The molecule has 0 aliphatic carbocycles. The van der Waals surface area contributed by atoms with Crippen LogP contribution in [-0.2, 0) is 17.5 Å². The number of ether oxygens (including phenoxy) is 2. The summed E-state index contributed by atoms with van der Waals surface area (Å²) in [6.07, 6.45) is -0.685. The molecule has 0 saturated carbocycles. The maximum Gasteiger partial charge on any atom is 0.416 e. The molecule has 1 saturated heterocycles. The van der Waals surface area contributed by atoms with E-state index < -0.39 is 11.7 Å². The highest BCUT2D eigenvalue weighted by atomic mass is 19.4. The highest BCUT2D eigenvalue weighted by Gasteiger charge is 2.31. The number of pyridine rings is 1. The molecule has 2 atom stereocenters. The summed E-state index contributed by atoms with van der Waals surface area (Å²) in [5.74, 6) is 0.187. The van der Waals surface area contributed by atoms with E-state index in [0.717, 1.165) is 24.1 Å². The first kappa shape index (κ1) is 24.7. The Balaban J connectivity index is 1.46. The van der Waals surface area contributed by atoms with Crippen LogP contribution in [0.2, 0.25) is 0 Å². The predicted molar refractivity (Wildman–Crippen MR) is 125 cm³/mol. The van der Waals surface area contributed by atoms with Gasteiger partial charge in [0.25, 0.3) is 5.91 Å². The fourth-order valence-corrected chi connectivity index (χ4v) is 3.92. The molecule has 1 amide bonds. The number of hydrogen-bond acceptors (Lipinski definition) is 5. The van der Waals surface area contributed by atoms with E-state index in [1.807, 2.05) is 6.92 Å². The van der Waals surface area contributed by atoms with Gasteiger partial charge >= 0.3 is 6.18 Å². The fourth-order valence-electron chi connectivity index (χ4n) is 3.92. The van der Waals surface area contributed by atoms with Crippen LogP contribution in [0, 0.1) is 0 Å². The van der Waals surface area contributed by atoms with E-state index in [4.69, 9.17) is 15.2 Å². The highest BCUT2D eigenvalue weighted by Crippen LogP contribution is 2.34. The van der Waals surface area contributed by atoms with Gasteiger partial charge in [0.2, 0.25) is 0 Å². The Hall–Kier alpha value is -3.43. The topological polar surface area (TPSA) is 86.5 Å². The van der Waals surface area contributed by atoms with E-state index in [0.29, 0.717) is 41.2 Å². The molecule has 1 aliphatic heterocycles. The van der Waals surface area contributed by atoms with Crippen molar-refractivity contribution in [1.82, 2.24) is 10.3 Å². The zero-order valence-corrected chi connectivity index (χ0v) is 19.1. The van der Waals surface area contributed by atoms with E-state index in [1.165, 1.54) is 12.3 Å². The SMILES string of the molecule is CC(NC(=O)c1cncc(O[C@H]2CCOC2)c1)c1ccc(-c2cc(C(F)(F)F)ccc2CN)cc1. The van der Waals surface area contributed by atoms with Gasteiger partial charge in [0.15, 0.2) is 0 Å². The van der Waals surface area contributed by atoms with Crippen LogP contribution in [0.3, 0.4) is 0 Å². The molecule has 1 fully saturated rings. The van der Waals surface area contributed by atoms with Gasteiger partial charge in [-0.3, -0.25) is 9.78 Å². The van der Waals surface area contributed by atoms with Gasteiger partial charge < -0.3 is 20.5 Å². The predicted octanol–water partition coefficient (Wildman–Crippen LogP) is 4.88. The number of amides is 1. The Morgan fingerprint density at radius 1 is 1.20 bits per heavy atom. The maximum atomic E-state index is 13.2. The van der Waals surface area contributed by atoms with Gasteiger partial charge in [0.05, 0.1) is 36.6 Å². The zero-order chi connectivity index (χ0) is 25.0. The smallest absolute Gasteiger partial charge is 0.416 e. The van der Waals surface area contributed by atoms with Crippen LogP contribution in [0.5, 0.6) is 5.75 Å². The van der Waals surface area contributed by atoms with E-state index in [2.05, 4.69) is 10.3 Å². The Morgan fingerprint density at radius 2 is 1.97 bits per heavy atom. The third-order valence-corrected chi connectivity index (χ3v) is 5.89. The number of nitrogens with zero attached hydrogens (tertiary/aromatic N) is 1. The second kappa shape index (κ2) is 10.5. The van der Waals surface area contributed by atoms with Gasteiger partial charge in [-0.05, 0) is 47.4 Å². The molecular weight excluding hydrogens is 459 g/mol. The number of hydrogen-bond donors (Lipinski definition) is 2. The van der Waals surface area contributed by atoms with E-state index in [1.54, 1.807) is 36.5 Å². The Kier molecular flexibility index (Phi) is 7.37. The van der Waals surface area contributed by atoms with Crippen molar-refractivity contribution in [3.8, 4) is 16.9 Å². The number of alkyl halides is 3. The molecule has 0 spiro atoms. The molecule has 2 heterocycles. The molecule has 4 rings (SSSR count). The van der Waals surface area contributed by atoms with Gasteiger partial charge in [-0.15, -0.1) is 0 Å². The van der Waals surface area contributed by atoms with Crippen LogP contribution in [0.25, 0.3) is 11.1 Å². The lowest BCUT2D eigenvalue weighted by molar-refractivity contribution is -0.137. The molecule has 9 heteroatoms. The molecule has 0 radical (unpaired) electrons. The monoisotopic (exact) mass is 485 g/mol. The zero-order valence-electron chi connectivity index (χ0n) is 19.1. The molecule has 1 unspecified atom stereocenters. The van der Waals surface area contributed by atoms with Crippen molar-refractivity contribution >= 4 is 5.91 Å². The number of benzene rings is 2. The van der Waals surface area contributed by atoms with E-state index in [-0.39, 0.29) is 24.6 Å². The van der Waals surface area contributed by atoms with Crippen LogP contribution in [0.4, 0.5) is 13.2 Å². The first-order valence-corrected chi connectivity index (χ1v) is 11.3. The van der Waals surface area contributed by atoms with Crippen molar-refractivity contribution in [2.75, 3.05) is 13.2 Å². The second-order valence-corrected chi connectivity index (χ2v) is 8.40. The summed E-state index contributed by atoms with van der Waals surface area (Å²) in [6, 6.07) is 11.9. The maximum absolute atomic E-state index is 13.2. The summed E-state index contributed by atoms with van der Waals surface area (Å²) in [5.41, 5.74) is 7.84. The highest BCUT2D eigenvalue weighted by molar-refractivity contribution is 5.94. The van der Waals surface area contributed by atoms with Crippen LogP contribution < -0.4 is 15.8 Å². The number of halogens is 3. The minimum absolute atomic E-state index is 0.0517. The van der Waals surface area contributed by atoms with Crippen molar-refractivity contribution in [1.29, 1.82) is 0 Å². The molecule has 1 aromatic heterocycles. The minimum atomic E-state index is -4.44. The number of rotatable bonds is 7. The van der Waals surface area contributed by atoms with Gasteiger partial charge in [-0.1, -0.05) is 30.3 Å². The van der Waals surface area contributed by atoms with Gasteiger partial charge in [-0.2, -0.15) is 13.2 Å². The average Bonchev–Trinajstić information content (AvgIpc) is 3.36. The Bertz CT molecular complexity index is 1180. The molecular formula is C26H26F3N3O3. The third-order valence-electron chi connectivity index (χ3n) is 5.89. The summed E-state index contributed by atoms with van der Waals surface area (Å²) < 4.78 is 50.7. The molecule has 0 bridgehead atoms. The molecule has 2 aromatic carbocycles. The lowest BCUT2D eigenvalue weighted by atomic mass is 9.95. The average molecular weight is 486 g/mol. The molecule has 3 aromatic rings. The van der Waals surface area contributed by atoms with Crippen LogP contribution >= 0.6 is 0 Å². The number of nitrogens with two attached hydrogens (primary N) is 1. The first-order chi connectivity index (χ1) is 16.7. The largest absolute Gasteiger partial charge is 0.486 e. The van der Waals surface area contributed by atoms with E-state index >= 15 is 0 Å². The Morgan fingerprint density at radius 3 is 2.63 bits per heavy atom. The van der Waals surface area contributed by atoms with Crippen molar-refractivity contribution in [3.63, 3.8) is 0 Å². The minimum Gasteiger partial charge on any atom is -0.486 e. The quantitative estimate of drug-likeness (QED) is 0.498. The normalized spacial score (nSPS) is 16.7. The van der Waals surface area contributed by atoms with Gasteiger partial charge in [0, 0.05) is 19.2 Å².